The summed E-state index contributed by atoms with van der Waals surface area (Å²) >= 11 is 12.1. The lowest BCUT2D eigenvalue weighted by Crippen LogP contribution is -2.47. The number of sulfone groups is 1. The van der Waals surface area contributed by atoms with Crippen LogP contribution in [0.25, 0.3) is 0 Å². The van der Waals surface area contributed by atoms with Gasteiger partial charge in [0, 0.05) is 17.1 Å². The van der Waals surface area contributed by atoms with E-state index in [0.717, 1.165) is 0 Å². The number of hydrogen-bond acceptors (Lipinski definition) is 4. The topological polar surface area (TPSA) is 92.3 Å². The maximum absolute atomic E-state index is 13.4. The van der Waals surface area contributed by atoms with Crippen molar-refractivity contribution in [3.8, 4) is 0 Å². The van der Waals surface area contributed by atoms with E-state index < -0.39 is 20.5 Å². The minimum absolute atomic E-state index is 0.0546. The summed E-state index contributed by atoms with van der Waals surface area (Å²) in [5.74, 6) is -0.817. The van der Waals surface area contributed by atoms with Crippen LogP contribution in [0.2, 0.25) is 10.0 Å². The second-order valence-electron chi connectivity index (χ2n) is 7.21. The van der Waals surface area contributed by atoms with Crippen molar-refractivity contribution in [1.29, 1.82) is 0 Å². The quantitative estimate of drug-likeness (QED) is 0.618. The molecule has 3 rings (SSSR count). The standard InChI is InChI=1S/C21H22Cl2N2O4S/c1-2-19(26)24-15-7-10-17(23)18(13-15)25-20(27)21(11-3-4-12-21)30(28,29)16-8-5-14(22)6-9-16/h5-10,13H,2-4,11-12H2,1H3,(H,24,26)(H,25,27). The van der Waals surface area contributed by atoms with Gasteiger partial charge in [0.25, 0.3) is 0 Å². The summed E-state index contributed by atoms with van der Waals surface area (Å²) in [6, 6.07) is 10.5. The fourth-order valence-corrected chi connectivity index (χ4v) is 5.95. The Labute approximate surface area is 185 Å². The Morgan fingerprint density at radius 1 is 1.00 bits per heavy atom. The Balaban J connectivity index is 1.94. The molecule has 0 aromatic heterocycles. The lowest BCUT2D eigenvalue weighted by atomic mass is 10.1. The van der Waals surface area contributed by atoms with Crippen LogP contribution in [0.15, 0.2) is 47.4 Å². The molecule has 0 saturated heterocycles. The van der Waals surface area contributed by atoms with Crippen LogP contribution in [0, 0.1) is 0 Å². The number of anilines is 2. The van der Waals surface area contributed by atoms with E-state index in [2.05, 4.69) is 10.6 Å². The van der Waals surface area contributed by atoms with E-state index in [0.29, 0.717) is 30.0 Å². The second-order valence-corrected chi connectivity index (χ2v) is 10.3. The Morgan fingerprint density at radius 3 is 2.23 bits per heavy atom. The number of halogens is 2. The van der Waals surface area contributed by atoms with Crippen LogP contribution >= 0.6 is 23.2 Å². The van der Waals surface area contributed by atoms with Crippen LogP contribution in [0.1, 0.15) is 39.0 Å². The number of carbonyl (C=O) groups excluding carboxylic acids is 2. The smallest absolute Gasteiger partial charge is 0.246 e. The molecule has 0 unspecified atom stereocenters. The fraction of sp³-hybridized carbons (Fsp3) is 0.333. The molecule has 6 nitrogen and oxygen atoms in total. The third-order valence-corrected chi connectivity index (χ3v) is 8.38. The molecule has 30 heavy (non-hydrogen) atoms. The highest BCUT2D eigenvalue weighted by molar-refractivity contribution is 7.93. The molecule has 2 amide bonds. The van der Waals surface area contributed by atoms with Crippen molar-refractivity contribution in [2.75, 3.05) is 10.6 Å². The van der Waals surface area contributed by atoms with Gasteiger partial charge in [0.05, 0.1) is 15.6 Å². The van der Waals surface area contributed by atoms with Crippen molar-refractivity contribution in [2.45, 2.75) is 48.7 Å². The molecule has 0 radical (unpaired) electrons. The maximum Gasteiger partial charge on any atom is 0.246 e. The zero-order valence-electron chi connectivity index (χ0n) is 16.4. The van der Waals surface area contributed by atoms with Crippen LogP contribution in [-0.2, 0) is 19.4 Å². The average molecular weight is 469 g/mol. The summed E-state index contributed by atoms with van der Waals surface area (Å²) in [6.07, 6.45) is 1.98. The van der Waals surface area contributed by atoms with Gasteiger partial charge in [-0.3, -0.25) is 9.59 Å². The third-order valence-electron chi connectivity index (χ3n) is 5.28. The fourth-order valence-electron chi connectivity index (χ4n) is 3.59. The first-order valence-corrected chi connectivity index (χ1v) is 11.8. The number of benzene rings is 2. The van der Waals surface area contributed by atoms with Gasteiger partial charge in [0.1, 0.15) is 0 Å². The van der Waals surface area contributed by atoms with Gasteiger partial charge in [-0.15, -0.1) is 0 Å². The van der Waals surface area contributed by atoms with Crippen LogP contribution < -0.4 is 10.6 Å². The van der Waals surface area contributed by atoms with Crippen molar-refractivity contribution >= 4 is 56.2 Å². The van der Waals surface area contributed by atoms with E-state index in [9.17, 15) is 18.0 Å². The van der Waals surface area contributed by atoms with Gasteiger partial charge >= 0.3 is 0 Å². The molecule has 0 spiro atoms. The van der Waals surface area contributed by atoms with Crippen molar-refractivity contribution in [2.24, 2.45) is 0 Å². The predicted molar refractivity (Wildman–Crippen MR) is 119 cm³/mol. The highest BCUT2D eigenvalue weighted by Crippen LogP contribution is 2.42. The average Bonchev–Trinajstić information content (AvgIpc) is 3.22. The van der Waals surface area contributed by atoms with Crippen LogP contribution in [0.4, 0.5) is 11.4 Å². The number of rotatable bonds is 6. The molecule has 1 aliphatic carbocycles. The minimum atomic E-state index is -3.97. The van der Waals surface area contributed by atoms with E-state index in [1.807, 2.05) is 0 Å². The zero-order valence-corrected chi connectivity index (χ0v) is 18.7. The molecule has 0 bridgehead atoms. The molecule has 0 heterocycles. The lowest BCUT2D eigenvalue weighted by molar-refractivity contribution is -0.118. The molecule has 2 aromatic rings. The van der Waals surface area contributed by atoms with Gasteiger partial charge in [0.2, 0.25) is 11.8 Å². The number of nitrogens with one attached hydrogen (secondary N) is 2. The molecule has 1 fully saturated rings. The molecule has 0 aliphatic heterocycles. The highest BCUT2D eigenvalue weighted by Gasteiger charge is 2.53. The van der Waals surface area contributed by atoms with E-state index in [1.54, 1.807) is 13.0 Å². The van der Waals surface area contributed by atoms with Crippen molar-refractivity contribution in [3.63, 3.8) is 0 Å². The molecule has 1 aliphatic rings. The maximum atomic E-state index is 13.4. The minimum Gasteiger partial charge on any atom is -0.326 e. The molecular weight excluding hydrogens is 447 g/mol. The molecule has 2 aromatic carbocycles. The Kier molecular flexibility index (Phi) is 6.75. The van der Waals surface area contributed by atoms with E-state index in [1.165, 1.54) is 36.4 Å². The summed E-state index contributed by atoms with van der Waals surface area (Å²) < 4.78 is 25.3. The Bertz CT molecular complexity index is 1060. The van der Waals surface area contributed by atoms with Crippen molar-refractivity contribution < 1.29 is 18.0 Å². The van der Waals surface area contributed by atoms with E-state index in [4.69, 9.17) is 23.2 Å². The number of carbonyl (C=O) groups is 2. The van der Waals surface area contributed by atoms with Gasteiger partial charge < -0.3 is 10.6 Å². The summed E-state index contributed by atoms with van der Waals surface area (Å²) in [5.41, 5.74) is 0.704. The summed E-state index contributed by atoms with van der Waals surface area (Å²) in [7, 11) is -3.97. The summed E-state index contributed by atoms with van der Waals surface area (Å²) in [4.78, 5) is 25.0. The van der Waals surface area contributed by atoms with Gasteiger partial charge in [-0.1, -0.05) is 43.0 Å². The van der Waals surface area contributed by atoms with Crippen molar-refractivity contribution in [1.82, 2.24) is 0 Å². The van der Waals surface area contributed by atoms with Gasteiger partial charge in [0.15, 0.2) is 14.6 Å². The second kappa shape index (κ2) is 8.96. The summed E-state index contributed by atoms with van der Waals surface area (Å²) in [5, 5.41) is 6.04. The van der Waals surface area contributed by atoms with Crippen LogP contribution in [-0.4, -0.2) is 25.0 Å². The molecule has 1 saturated carbocycles. The first-order valence-electron chi connectivity index (χ1n) is 9.60. The van der Waals surface area contributed by atoms with Gasteiger partial charge in [-0.25, -0.2) is 8.42 Å². The molecule has 2 N–H and O–H groups in total. The predicted octanol–water partition coefficient (Wildman–Crippen LogP) is 5.07. The first kappa shape index (κ1) is 22.6. The SMILES string of the molecule is CCC(=O)Nc1ccc(Cl)c(NC(=O)C2(S(=O)(=O)c3ccc(Cl)cc3)CCCC2)c1. The zero-order chi connectivity index (χ0) is 21.9. The Morgan fingerprint density at radius 2 is 1.63 bits per heavy atom. The first-order chi connectivity index (χ1) is 14.2. The Hall–Kier alpha value is -2.09. The highest BCUT2D eigenvalue weighted by atomic mass is 35.5. The monoisotopic (exact) mass is 468 g/mol. The molecular formula is C21H22Cl2N2O4S. The van der Waals surface area contributed by atoms with Gasteiger partial charge in [-0.2, -0.15) is 0 Å². The molecule has 0 atom stereocenters. The number of hydrogen-bond donors (Lipinski definition) is 2. The van der Waals surface area contributed by atoms with Crippen molar-refractivity contribution in [3.05, 3.63) is 52.5 Å². The largest absolute Gasteiger partial charge is 0.326 e. The molecule has 160 valence electrons. The molecule has 9 heteroatoms. The van der Waals surface area contributed by atoms with E-state index in [-0.39, 0.29) is 34.4 Å². The number of amides is 2. The van der Waals surface area contributed by atoms with Gasteiger partial charge in [-0.05, 0) is 55.3 Å². The normalized spacial score (nSPS) is 15.6. The van der Waals surface area contributed by atoms with Crippen LogP contribution in [0.5, 0.6) is 0 Å². The lowest BCUT2D eigenvalue weighted by Gasteiger charge is -2.28. The third kappa shape index (κ3) is 4.33. The van der Waals surface area contributed by atoms with E-state index >= 15 is 0 Å². The summed E-state index contributed by atoms with van der Waals surface area (Å²) in [6.45, 7) is 1.72. The van der Waals surface area contributed by atoms with Crippen LogP contribution in [0.3, 0.4) is 0 Å².